The molecule has 2 fully saturated rings. The summed E-state index contributed by atoms with van der Waals surface area (Å²) in [5.41, 5.74) is 0. The third-order valence-electron chi connectivity index (χ3n) is 4.63. The number of urea groups is 1. The molecule has 0 spiro atoms. The molecule has 0 aromatic carbocycles. The van der Waals surface area contributed by atoms with E-state index in [2.05, 4.69) is 17.6 Å². The van der Waals surface area contributed by atoms with Gasteiger partial charge in [0.2, 0.25) is 0 Å². The molecule has 2 amide bonds. The molecule has 1 saturated carbocycles. The summed E-state index contributed by atoms with van der Waals surface area (Å²) >= 11 is 0. The Morgan fingerprint density at radius 1 is 1.00 bits per heavy atom. The lowest BCUT2D eigenvalue weighted by Gasteiger charge is -2.31. The standard InChI is InChI=1S/C16H31N3O/c1-2-11-17-14-7-9-15(10-8-14)18-16(20)19-12-5-3-4-6-13-19/h14-15,17H,2-13H2,1H3,(H,18,20). The maximum Gasteiger partial charge on any atom is 0.317 e. The van der Waals surface area contributed by atoms with Gasteiger partial charge in [-0.3, -0.25) is 0 Å². The predicted molar refractivity (Wildman–Crippen MR) is 82.9 cm³/mol. The quantitative estimate of drug-likeness (QED) is 0.832. The molecule has 0 atom stereocenters. The molecular weight excluding hydrogens is 250 g/mol. The fourth-order valence-electron chi connectivity index (χ4n) is 3.33. The van der Waals surface area contributed by atoms with Gasteiger partial charge in [-0.2, -0.15) is 0 Å². The summed E-state index contributed by atoms with van der Waals surface area (Å²) < 4.78 is 0. The Hall–Kier alpha value is -0.770. The summed E-state index contributed by atoms with van der Waals surface area (Å²) in [7, 11) is 0. The second kappa shape index (κ2) is 8.50. The van der Waals surface area contributed by atoms with Crippen LogP contribution in [0.25, 0.3) is 0 Å². The molecule has 1 saturated heterocycles. The van der Waals surface area contributed by atoms with Crippen LogP contribution in [0.4, 0.5) is 4.79 Å². The van der Waals surface area contributed by atoms with Crippen molar-refractivity contribution in [1.29, 1.82) is 0 Å². The van der Waals surface area contributed by atoms with Gasteiger partial charge in [0.25, 0.3) is 0 Å². The van der Waals surface area contributed by atoms with E-state index in [4.69, 9.17) is 0 Å². The van der Waals surface area contributed by atoms with E-state index in [-0.39, 0.29) is 6.03 Å². The number of amides is 2. The fraction of sp³-hybridized carbons (Fsp3) is 0.938. The molecule has 2 aliphatic rings. The Kier molecular flexibility index (Phi) is 6.64. The van der Waals surface area contributed by atoms with Crippen molar-refractivity contribution in [1.82, 2.24) is 15.5 Å². The van der Waals surface area contributed by atoms with Crippen LogP contribution in [0.5, 0.6) is 0 Å². The molecule has 0 aromatic rings. The van der Waals surface area contributed by atoms with Gasteiger partial charge in [-0.25, -0.2) is 4.79 Å². The molecule has 2 N–H and O–H groups in total. The minimum absolute atomic E-state index is 0.178. The van der Waals surface area contributed by atoms with Crippen LogP contribution in [-0.2, 0) is 0 Å². The normalized spacial score (nSPS) is 27.9. The second-order valence-corrected chi connectivity index (χ2v) is 6.35. The number of likely N-dealkylation sites (tertiary alicyclic amines) is 1. The van der Waals surface area contributed by atoms with E-state index < -0.39 is 0 Å². The first-order valence-corrected chi connectivity index (χ1v) is 8.58. The molecule has 1 heterocycles. The molecule has 1 aliphatic heterocycles. The highest BCUT2D eigenvalue weighted by Gasteiger charge is 2.24. The van der Waals surface area contributed by atoms with Crippen LogP contribution in [0.15, 0.2) is 0 Å². The SMILES string of the molecule is CCCNC1CCC(NC(=O)N2CCCCCC2)CC1. The van der Waals surface area contributed by atoms with Gasteiger partial charge in [0.1, 0.15) is 0 Å². The molecule has 0 radical (unpaired) electrons. The van der Waals surface area contributed by atoms with E-state index in [1.807, 2.05) is 4.90 Å². The zero-order chi connectivity index (χ0) is 14.2. The van der Waals surface area contributed by atoms with Crippen LogP contribution in [0.1, 0.15) is 64.7 Å². The zero-order valence-electron chi connectivity index (χ0n) is 13.0. The number of nitrogens with zero attached hydrogens (tertiary/aromatic N) is 1. The number of nitrogens with one attached hydrogen (secondary N) is 2. The summed E-state index contributed by atoms with van der Waals surface area (Å²) in [6.45, 7) is 5.22. The number of rotatable bonds is 4. The average molecular weight is 281 g/mol. The lowest BCUT2D eigenvalue weighted by molar-refractivity contribution is 0.189. The van der Waals surface area contributed by atoms with Gasteiger partial charge in [-0.1, -0.05) is 19.8 Å². The Bertz CT molecular complexity index is 279. The fourth-order valence-corrected chi connectivity index (χ4v) is 3.33. The van der Waals surface area contributed by atoms with Gasteiger partial charge < -0.3 is 15.5 Å². The van der Waals surface area contributed by atoms with Gasteiger partial charge in [0, 0.05) is 25.2 Å². The number of hydrogen-bond acceptors (Lipinski definition) is 2. The number of hydrogen-bond donors (Lipinski definition) is 2. The summed E-state index contributed by atoms with van der Waals surface area (Å²) in [5.74, 6) is 0. The van der Waals surface area contributed by atoms with E-state index in [1.54, 1.807) is 0 Å². The Morgan fingerprint density at radius 2 is 1.60 bits per heavy atom. The molecule has 4 nitrogen and oxygen atoms in total. The molecule has 20 heavy (non-hydrogen) atoms. The van der Waals surface area contributed by atoms with Crippen LogP contribution in [0.3, 0.4) is 0 Å². The van der Waals surface area contributed by atoms with Crippen LogP contribution < -0.4 is 10.6 Å². The average Bonchev–Trinajstić information content (AvgIpc) is 2.75. The van der Waals surface area contributed by atoms with Gasteiger partial charge in [-0.05, 0) is 51.5 Å². The molecule has 1 aliphatic carbocycles. The van der Waals surface area contributed by atoms with Crippen LogP contribution in [0, 0.1) is 0 Å². The highest BCUT2D eigenvalue weighted by Crippen LogP contribution is 2.19. The van der Waals surface area contributed by atoms with Crippen molar-refractivity contribution in [3.63, 3.8) is 0 Å². The van der Waals surface area contributed by atoms with Crippen molar-refractivity contribution >= 4 is 6.03 Å². The lowest BCUT2D eigenvalue weighted by Crippen LogP contribution is -2.47. The molecule has 2 rings (SSSR count). The van der Waals surface area contributed by atoms with Crippen molar-refractivity contribution in [2.24, 2.45) is 0 Å². The Labute approximate surface area is 123 Å². The summed E-state index contributed by atoms with van der Waals surface area (Å²) in [5, 5.41) is 6.85. The third-order valence-corrected chi connectivity index (χ3v) is 4.63. The van der Waals surface area contributed by atoms with E-state index in [0.29, 0.717) is 12.1 Å². The molecule has 116 valence electrons. The largest absolute Gasteiger partial charge is 0.335 e. The van der Waals surface area contributed by atoms with Gasteiger partial charge in [-0.15, -0.1) is 0 Å². The maximum atomic E-state index is 12.3. The highest BCUT2D eigenvalue weighted by atomic mass is 16.2. The van der Waals surface area contributed by atoms with Gasteiger partial charge in [0.15, 0.2) is 0 Å². The first kappa shape index (κ1) is 15.6. The summed E-state index contributed by atoms with van der Waals surface area (Å²) in [6, 6.07) is 1.24. The molecule has 0 aromatic heterocycles. The number of carbonyl (C=O) groups excluding carboxylic acids is 1. The monoisotopic (exact) mass is 281 g/mol. The minimum atomic E-state index is 0.178. The zero-order valence-corrected chi connectivity index (χ0v) is 13.0. The van der Waals surface area contributed by atoms with E-state index >= 15 is 0 Å². The first-order valence-electron chi connectivity index (χ1n) is 8.58. The van der Waals surface area contributed by atoms with Crippen molar-refractivity contribution < 1.29 is 4.79 Å². The summed E-state index contributed by atoms with van der Waals surface area (Å²) in [4.78, 5) is 14.3. The molecule has 4 heteroatoms. The van der Waals surface area contributed by atoms with Crippen LogP contribution in [-0.4, -0.2) is 42.6 Å². The summed E-state index contributed by atoms with van der Waals surface area (Å²) in [6.07, 6.45) is 10.7. The highest BCUT2D eigenvalue weighted by molar-refractivity contribution is 5.74. The molecule has 0 bridgehead atoms. The number of carbonyl (C=O) groups is 1. The Morgan fingerprint density at radius 3 is 2.20 bits per heavy atom. The molecule has 0 unspecified atom stereocenters. The Balaban J connectivity index is 1.67. The van der Waals surface area contributed by atoms with E-state index in [9.17, 15) is 4.79 Å². The minimum Gasteiger partial charge on any atom is -0.335 e. The van der Waals surface area contributed by atoms with E-state index in [0.717, 1.165) is 32.5 Å². The van der Waals surface area contributed by atoms with Crippen molar-refractivity contribution in [2.75, 3.05) is 19.6 Å². The lowest BCUT2D eigenvalue weighted by atomic mass is 9.91. The van der Waals surface area contributed by atoms with Gasteiger partial charge >= 0.3 is 6.03 Å². The maximum absolute atomic E-state index is 12.3. The third kappa shape index (κ3) is 4.97. The predicted octanol–water partition coefficient (Wildman–Crippen LogP) is 2.88. The topological polar surface area (TPSA) is 44.4 Å². The second-order valence-electron chi connectivity index (χ2n) is 6.35. The van der Waals surface area contributed by atoms with Crippen LogP contribution in [0.2, 0.25) is 0 Å². The van der Waals surface area contributed by atoms with Gasteiger partial charge in [0.05, 0.1) is 0 Å². The smallest absolute Gasteiger partial charge is 0.317 e. The van der Waals surface area contributed by atoms with Crippen LogP contribution >= 0.6 is 0 Å². The van der Waals surface area contributed by atoms with E-state index in [1.165, 1.54) is 44.9 Å². The van der Waals surface area contributed by atoms with Crippen molar-refractivity contribution in [3.05, 3.63) is 0 Å². The first-order chi connectivity index (χ1) is 9.79. The van der Waals surface area contributed by atoms with Crippen molar-refractivity contribution in [2.45, 2.75) is 76.8 Å². The molecular formula is C16H31N3O. The van der Waals surface area contributed by atoms with Crippen molar-refractivity contribution in [3.8, 4) is 0 Å².